The molecule has 6 nitrogen and oxygen atoms in total. The maximum atomic E-state index is 12.2. The van der Waals surface area contributed by atoms with Gasteiger partial charge in [0.05, 0.1) is 5.56 Å². The van der Waals surface area contributed by atoms with Crippen LogP contribution in [-0.4, -0.2) is 39.8 Å². The number of carbonyl (C=O) groups is 2. The fourth-order valence-electron chi connectivity index (χ4n) is 2.40. The van der Waals surface area contributed by atoms with Gasteiger partial charge in [-0.15, -0.1) is 0 Å². The topological polar surface area (TPSA) is 73.2 Å². The zero-order valence-corrected chi connectivity index (χ0v) is 13.5. The first-order valence-electron chi connectivity index (χ1n) is 7.32. The van der Waals surface area contributed by atoms with Crippen molar-refractivity contribution in [3.8, 4) is 0 Å². The highest BCUT2D eigenvalue weighted by Crippen LogP contribution is 2.20. The number of hydrogen-bond donors (Lipinski definition) is 1. The van der Waals surface area contributed by atoms with Crippen molar-refractivity contribution in [3.05, 3.63) is 47.8 Å². The van der Waals surface area contributed by atoms with Crippen LogP contribution in [-0.2, 0) is 23.0 Å². The molecule has 0 aliphatic carbocycles. The second-order valence-corrected chi connectivity index (χ2v) is 6.28. The van der Waals surface area contributed by atoms with Crippen LogP contribution in [0.15, 0.2) is 41.8 Å². The Labute approximate surface area is 138 Å². The van der Waals surface area contributed by atoms with Gasteiger partial charge in [-0.25, -0.2) is 9.78 Å². The van der Waals surface area contributed by atoms with Gasteiger partial charge in [0.25, 0.3) is 5.91 Å². The van der Waals surface area contributed by atoms with E-state index in [1.165, 1.54) is 0 Å². The van der Waals surface area contributed by atoms with E-state index >= 15 is 0 Å². The number of fused-ring (bicyclic) bond motifs is 1. The molecule has 2 aromatic rings. The molecule has 1 atom stereocenters. The summed E-state index contributed by atoms with van der Waals surface area (Å²) in [4.78, 5) is 28.3. The average Bonchev–Trinajstić information content (AvgIpc) is 2.96. The molecule has 3 rings (SSSR count). The lowest BCUT2D eigenvalue weighted by molar-refractivity contribution is -0.130. The summed E-state index contributed by atoms with van der Waals surface area (Å²) in [5.74, 6) is 0.0103. The predicted octanol–water partition coefficient (Wildman–Crippen LogP) is 1.41. The maximum Gasteiger partial charge on any atom is 0.339 e. The summed E-state index contributed by atoms with van der Waals surface area (Å²) in [6.45, 7) is 0.492. The predicted molar refractivity (Wildman–Crippen MR) is 86.3 cm³/mol. The summed E-state index contributed by atoms with van der Waals surface area (Å²) >= 11 is 1.56. The van der Waals surface area contributed by atoms with Gasteiger partial charge in [0.15, 0.2) is 11.3 Å². The SMILES string of the molecule is Cn1ccnc1SCCNC(=O)C1Cc2ccccc2C(=O)O1. The second-order valence-electron chi connectivity index (χ2n) is 5.22. The van der Waals surface area contributed by atoms with Gasteiger partial charge in [-0.2, -0.15) is 0 Å². The normalized spacial score (nSPS) is 16.6. The number of cyclic esters (lactones) is 1. The third-order valence-corrected chi connectivity index (χ3v) is 4.65. The molecule has 0 bridgehead atoms. The van der Waals surface area contributed by atoms with Crippen molar-refractivity contribution in [2.75, 3.05) is 12.3 Å². The second kappa shape index (κ2) is 6.87. The molecule has 1 aliphatic rings. The number of amides is 1. The Balaban J connectivity index is 1.50. The highest BCUT2D eigenvalue weighted by Gasteiger charge is 2.30. The molecule has 1 unspecified atom stereocenters. The van der Waals surface area contributed by atoms with E-state index in [9.17, 15) is 9.59 Å². The monoisotopic (exact) mass is 331 g/mol. The van der Waals surface area contributed by atoms with Crippen LogP contribution in [0.4, 0.5) is 0 Å². The number of nitrogens with zero attached hydrogens (tertiary/aromatic N) is 2. The van der Waals surface area contributed by atoms with E-state index in [1.807, 2.05) is 29.9 Å². The fraction of sp³-hybridized carbons (Fsp3) is 0.312. The van der Waals surface area contributed by atoms with Crippen LogP contribution in [0, 0.1) is 0 Å². The summed E-state index contributed by atoms with van der Waals surface area (Å²) in [5, 5.41) is 3.71. The van der Waals surface area contributed by atoms with Crippen LogP contribution in [0.1, 0.15) is 15.9 Å². The molecule has 0 saturated heterocycles. The third-order valence-electron chi connectivity index (χ3n) is 3.59. The Kier molecular flexibility index (Phi) is 4.66. The molecule has 0 saturated carbocycles. The van der Waals surface area contributed by atoms with E-state index in [0.29, 0.717) is 24.3 Å². The highest BCUT2D eigenvalue weighted by atomic mass is 32.2. The molecular formula is C16H17N3O3S. The molecule has 0 fully saturated rings. The highest BCUT2D eigenvalue weighted by molar-refractivity contribution is 7.99. The maximum absolute atomic E-state index is 12.2. The number of benzene rings is 1. The van der Waals surface area contributed by atoms with E-state index in [0.717, 1.165) is 10.7 Å². The van der Waals surface area contributed by atoms with Crippen molar-refractivity contribution in [1.82, 2.24) is 14.9 Å². The van der Waals surface area contributed by atoms with Gasteiger partial charge in [0.1, 0.15) is 0 Å². The first-order valence-corrected chi connectivity index (χ1v) is 8.30. The lowest BCUT2D eigenvalue weighted by atomic mass is 9.98. The Hall–Kier alpha value is -2.28. The van der Waals surface area contributed by atoms with Crippen LogP contribution in [0.25, 0.3) is 0 Å². The van der Waals surface area contributed by atoms with E-state index in [-0.39, 0.29) is 5.91 Å². The minimum absolute atomic E-state index is 0.256. The zero-order valence-electron chi connectivity index (χ0n) is 12.7. The summed E-state index contributed by atoms with van der Waals surface area (Å²) < 4.78 is 7.15. The Morgan fingerprint density at radius 3 is 3.09 bits per heavy atom. The largest absolute Gasteiger partial charge is 0.448 e. The number of carbonyl (C=O) groups excluding carboxylic acids is 2. The van der Waals surface area contributed by atoms with Crippen LogP contribution >= 0.6 is 11.8 Å². The number of hydrogen-bond acceptors (Lipinski definition) is 5. The van der Waals surface area contributed by atoms with Crippen molar-refractivity contribution in [3.63, 3.8) is 0 Å². The van der Waals surface area contributed by atoms with Crippen LogP contribution in [0.2, 0.25) is 0 Å². The lowest BCUT2D eigenvalue weighted by Crippen LogP contribution is -2.42. The summed E-state index contributed by atoms with van der Waals surface area (Å²) in [6.07, 6.45) is 3.27. The van der Waals surface area contributed by atoms with Crippen LogP contribution in [0.3, 0.4) is 0 Å². The van der Waals surface area contributed by atoms with Crippen molar-refractivity contribution in [2.45, 2.75) is 17.7 Å². The summed E-state index contributed by atoms with van der Waals surface area (Å²) in [7, 11) is 1.92. The van der Waals surface area contributed by atoms with Gasteiger partial charge >= 0.3 is 5.97 Å². The molecule has 2 heterocycles. The standard InChI is InChI=1S/C16H17N3O3S/c1-19-8-6-18-16(19)23-9-7-17-14(20)13-10-11-4-2-3-5-12(11)15(21)22-13/h2-6,8,13H,7,9-10H2,1H3,(H,17,20). The lowest BCUT2D eigenvalue weighted by Gasteiger charge is -2.23. The fourth-order valence-corrected chi connectivity index (χ4v) is 3.19. The van der Waals surface area contributed by atoms with Gasteiger partial charge in [-0.1, -0.05) is 30.0 Å². The van der Waals surface area contributed by atoms with Crippen molar-refractivity contribution in [1.29, 1.82) is 0 Å². The van der Waals surface area contributed by atoms with Crippen LogP contribution < -0.4 is 5.32 Å². The summed E-state index contributed by atoms with van der Waals surface area (Å²) in [6, 6.07) is 7.22. The molecule has 1 amide bonds. The number of esters is 1. The van der Waals surface area contributed by atoms with E-state index in [4.69, 9.17) is 4.74 Å². The number of rotatable bonds is 5. The smallest absolute Gasteiger partial charge is 0.339 e. The van der Waals surface area contributed by atoms with Crippen molar-refractivity contribution >= 4 is 23.6 Å². The minimum Gasteiger partial charge on any atom is -0.448 e. The quantitative estimate of drug-likeness (QED) is 0.509. The average molecular weight is 331 g/mol. The number of imidazole rings is 1. The van der Waals surface area contributed by atoms with E-state index < -0.39 is 12.1 Å². The molecule has 7 heteroatoms. The van der Waals surface area contributed by atoms with Gasteiger partial charge in [-0.3, -0.25) is 4.79 Å². The number of aryl methyl sites for hydroxylation is 1. The van der Waals surface area contributed by atoms with E-state index in [2.05, 4.69) is 10.3 Å². The third kappa shape index (κ3) is 3.56. The molecule has 23 heavy (non-hydrogen) atoms. The molecule has 0 spiro atoms. The minimum atomic E-state index is -0.754. The molecule has 120 valence electrons. The Morgan fingerprint density at radius 1 is 1.48 bits per heavy atom. The number of thioether (sulfide) groups is 1. The van der Waals surface area contributed by atoms with Crippen LogP contribution in [0.5, 0.6) is 0 Å². The molecule has 1 aliphatic heterocycles. The molecule has 1 N–H and O–H groups in total. The molecule has 1 aromatic carbocycles. The van der Waals surface area contributed by atoms with Gasteiger partial charge in [0.2, 0.25) is 0 Å². The summed E-state index contributed by atoms with van der Waals surface area (Å²) in [5.41, 5.74) is 1.40. The number of ether oxygens (including phenoxy) is 1. The van der Waals surface area contributed by atoms with Crippen molar-refractivity contribution < 1.29 is 14.3 Å². The van der Waals surface area contributed by atoms with Gasteiger partial charge in [-0.05, 0) is 11.6 Å². The molecule has 1 aromatic heterocycles. The molecule has 0 radical (unpaired) electrons. The Morgan fingerprint density at radius 2 is 2.30 bits per heavy atom. The van der Waals surface area contributed by atoms with Gasteiger partial charge < -0.3 is 14.6 Å². The van der Waals surface area contributed by atoms with Gasteiger partial charge in [0, 0.05) is 38.2 Å². The first kappa shape index (κ1) is 15.6. The van der Waals surface area contributed by atoms with Crippen molar-refractivity contribution in [2.24, 2.45) is 7.05 Å². The first-order chi connectivity index (χ1) is 11.1. The van der Waals surface area contributed by atoms with E-state index in [1.54, 1.807) is 30.1 Å². The number of nitrogens with one attached hydrogen (secondary N) is 1. The Bertz CT molecular complexity index is 729. The zero-order chi connectivity index (χ0) is 16.2. The number of aromatic nitrogens is 2. The molecular weight excluding hydrogens is 314 g/mol.